The van der Waals surface area contributed by atoms with E-state index in [2.05, 4.69) is 10.6 Å². The molecule has 2 atom stereocenters. The summed E-state index contributed by atoms with van der Waals surface area (Å²) in [4.78, 5) is 55.3. The highest BCUT2D eigenvalue weighted by molar-refractivity contribution is 5.93. The number of amides is 4. The summed E-state index contributed by atoms with van der Waals surface area (Å²) < 4.78 is 0. The van der Waals surface area contributed by atoms with E-state index >= 15 is 0 Å². The van der Waals surface area contributed by atoms with E-state index in [0.29, 0.717) is 0 Å². The van der Waals surface area contributed by atoms with Crippen LogP contribution in [0.3, 0.4) is 0 Å². The van der Waals surface area contributed by atoms with Crippen LogP contribution in [0.15, 0.2) is 0 Å². The van der Waals surface area contributed by atoms with Crippen LogP contribution in [0, 0.1) is 0 Å². The normalized spacial score (nSPS) is 12.6. The van der Waals surface area contributed by atoms with Gasteiger partial charge < -0.3 is 37.6 Å². The number of primary amides is 1. The molecule has 0 aromatic carbocycles. The van der Waals surface area contributed by atoms with Crippen molar-refractivity contribution in [1.29, 1.82) is 0 Å². The molecule has 2 unspecified atom stereocenters. The molecule has 0 heterocycles. The van der Waals surface area contributed by atoms with E-state index in [4.69, 9.17) is 21.7 Å². The Bertz CT molecular complexity index is 481. The number of rotatable bonds is 10. The average Bonchev–Trinajstić information content (AvgIpc) is 2.46. The number of aliphatic hydroxyl groups is 1. The molecule has 0 radical (unpaired) electrons. The zero-order valence-corrected chi connectivity index (χ0v) is 12.1. The Kier molecular flexibility index (Phi) is 8.88. The maximum Gasteiger partial charge on any atom is 0.322 e. The molecule has 0 aliphatic rings. The van der Waals surface area contributed by atoms with Crippen molar-refractivity contribution >= 4 is 29.6 Å². The average molecular weight is 333 g/mol. The van der Waals surface area contributed by atoms with Gasteiger partial charge in [-0.15, -0.1) is 0 Å². The lowest BCUT2D eigenvalue weighted by atomic mass is 10.2. The zero-order chi connectivity index (χ0) is 18.0. The molecule has 9 N–H and O–H groups in total. The molecule has 4 amide bonds. The third-order valence-electron chi connectivity index (χ3n) is 2.43. The molecule has 0 bridgehead atoms. The van der Waals surface area contributed by atoms with Crippen LogP contribution < -0.4 is 27.4 Å². The van der Waals surface area contributed by atoms with Crippen LogP contribution in [0.1, 0.15) is 6.42 Å². The lowest BCUT2D eigenvalue weighted by Crippen LogP contribution is -2.53. The largest absolute Gasteiger partial charge is 0.480 e. The Morgan fingerprint density at radius 3 is 2.04 bits per heavy atom. The predicted molar refractivity (Wildman–Crippen MR) is 74.5 cm³/mol. The van der Waals surface area contributed by atoms with Gasteiger partial charge in [0.05, 0.1) is 25.6 Å². The predicted octanol–water partition coefficient (Wildman–Crippen LogP) is -5.02. The number of aliphatic hydroxyl groups excluding tert-OH is 1. The standard InChI is InChI=1S/C11H19N5O7/c12-5(1-7(13)18)10(22)14-2-8(19)16-6(4-17)11(23)15-3-9(20)21/h5-6,17H,1-4,12H2,(H2,13,18)(H,14,22)(H,15,23)(H,16,19)(H,20,21). The van der Waals surface area contributed by atoms with E-state index < -0.39 is 67.8 Å². The summed E-state index contributed by atoms with van der Waals surface area (Å²) in [7, 11) is 0. The first-order chi connectivity index (χ1) is 10.7. The Hall–Kier alpha value is -2.73. The third kappa shape index (κ3) is 9.00. The zero-order valence-electron chi connectivity index (χ0n) is 12.1. The van der Waals surface area contributed by atoms with Crippen LogP contribution in [-0.2, 0) is 24.0 Å². The summed E-state index contributed by atoms with van der Waals surface area (Å²) in [6.07, 6.45) is -0.399. The molecule has 0 aliphatic carbocycles. The van der Waals surface area contributed by atoms with Crippen molar-refractivity contribution < 1.29 is 34.2 Å². The molecule has 0 rings (SSSR count). The van der Waals surface area contributed by atoms with Crippen molar-refractivity contribution in [3.8, 4) is 0 Å². The fourth-order valence-electron chi connectivity index (χ4n) is 1.33. The number of aliphatic carboxylic acids is 1. The summed E-state index contributed by atoms with van der Waals surface area (Å²) in [5.74, 6) is -4.60. The first-order valence-corrected chi connectivity index (χ1v) is 6.38. The molecule has 0 aliphatic heterocycles. The lowest BCUT2D eigenvalue weighted by molar-refractivity contribution is -0.138. The molecule has 23 heavy (non-hydrogen) atoms. The third-order valence-corrected chi connectivity index (χ3v) is 2.43. The smallest absolute Gasteiger partial charge is 0.322 e. The highest BCUT2D eigenvalue weighted by atomic mass is 16.4. The van der Waals surface area contributed by atoms with Gasteiger partial charge in [-0.25, -0.2) is 0 Å². The minimum atomic E-state index is -1.38. The van der Waals surface area contributed by atoms with Crippen LogP contribution >= 0.6 is 0 Å². The second-order valence-electron chi connectivity index (χ2n) is 4.41. The number of hydrogen-bond donors (Lipinski definition) is 7. The molecule has 0 aromatic heterocycles. The van der Waals surface area contributed by atoms with Gasteiger partial charge in [-0.1, -0.05) is 0 Å². The van der Waals surface area contributed by atoms with E-state index in [1.165, 1.54) is 0 Å². The second kappa shape index (κ2) is 10.1. The van der Waals surface area contributed by atoms with E-state index in [1.807, 2.05) is 5.32 Å². The quantitative estimate of drug-likeness (QED) is 0.205. The van der Waals surface area contributed by atoms with Gasteiger partial charge in [-0.3, -0.25) is 24.0 Å². The van der Waals surface area contributed by atoms with E-state index in [1.54, 1.807) is 0 Å². The van der Waals surface area contributed by atoms with Crippen LogP contribution in [0.2, 0.25) is 0 Å². The molecule has 0 spiro atoms. The summed E-state index contributed by atoms with van der Waals surface area (Å²) in [5.41, 5.74) is 10.2. The maximum absolute atomic E-state index is 11.5. The minimum Gasteiger partial charge on any atom is -0.480 e. The molecule has 0 saturated heterocycles. The van der Waals surface area contributed by atoms with E-state index in [-0.39, 0.29) is 0 Å². The fraction of sp³-hybridized carbons (Fsp3) is 0.545. The van der Waals surface area contributed by atoms with Gasteiger partial charge >= 0.3 is 5.97 Å². The first-order valence-electron chi connectivity index (χ1n) is 6.38. The number of nitrogens with one attached hydrogen (secondary N) is 3. The van der Waals surface area contributed by atoms with Gasteiger partial charge in [0, 0.05) is 0 Å². The van der Waals surface area contributed by atoms with Gasteiger partial charge in [0.1, 0.15) is 12.6 Å². The summed E-state index contributed by atoms with van der Waals surface area (Å²) in [6, 6.07) is -2.59. The van der Waals surface area contributed by atoms with Gasteiger partial charge in [0.2, 0.25) is 23.6 Å². The van der Waals surface area contributed by atoms with Gasteiger partial charge in [-0.2, -0.15) is 0 Å². The van der Waals surface area contributed by atoms with Crippen molar-refractivity contribution in [2.75, 3.05) is 19.7 Å². The molecular formula is C11H19N5O7. The minimum absolute atomic E-state index is 0.399. The SMILES string of the molecule is NC(=O)CC(N)C(=O)NCC(=O)NC(CO)C(=O)NCC(=O)O. The van der Waals surface area contributed by atoms with Gasteiger partial charge in [-0.05, 0) is 0 Å². The van der Waals surface area contributed by atoms with Crippen molar-refractivity contribution in [3.63, 3.8) is 0 Å². The first kappa shape index (κ1) is 20.3. The second-order valence-corrected chi connectivity index (χ2v) is 4.41. The molecule has 12 heteroatoms. The monoisotopic (exact) mass is 333 g/mol. The number of carbonyl (C=O) groups excluding carboxylic acids is 4. The fourth-order valence-corrected chi connectivity index (χ4v) is 1.33. The van der Waals surface area contributed by atoms with Crippen molar-refractivity contribution in [3.05, 3.63) is 0 Å². The number of carbonyl (C=O) groups is 5. The Labute approximate surface area is 130 Å². The Balaban J connectivity index is 4.29. The number of carboxylic acids is 1. The topological polar surface area (TPSA) is 214 Å². The summed E-state index contributed by atoms with van der Waals surface area (Å²) >= 11 is 0. The van der Waals surface area contributed by atoms with Crippen LogP contribution in [-0.4, -0.2) is 71.6 Å². The molecule has 0 aromatic rings. The number of nitrogens with two attached hydrogens (primary N) is 2. The number of hydrogen-bond acceptors (Lipinski definition) is 7. The number of carboxylic acid groups (broad SMARTS) is 1. The van der Waals surface area contributed by atoms with E-state index in [0.717, 1.165) is 0 Å². The highest BCUT2D eigenvalue weighted by Gasteiger charge is 2.21. The van der Waals surface area contributed by atoms with Crippen molar-refractivity contribution in [2.24, 2.45) is 11.5 Å². The summed E-state index contributed by atoms with van der Waals surface area (Å²) in [5, 5.41) is 23.6. The Morgan fingerprint density at radius 2 is 1.57 bits per heavy atom. The van der Waals surface area contributed by atoms with Crippen LogP contribution in [0.5, 0.6) is 0 Å². The van der Waals surface area contributed by atoms with Crippen LogP contribution in [0.4, 0.5) is 0 Å². The maximum atomic E-state index is 11.5. The van der Waals surface area contributed by atoms with Gasteiger partial charge in [0.15, 0.2) is 0 Å². The summed E-state index contributed by atoms with van der Waals surface area (Å²) in [6.45, 7) is -2.01. The lowest BCUT2D eigenvalue weighted by Gasteiger charge is -2.16. The highest BCUT2D eigenvalue weighted by Crippen LogP contribution is 1.87. The van der Waals surface area contributed by atoms with Crippen molar-refractivity contribution in [2.45, 2.75) is 18.5 Å². The molecule has 12 nitrogen and oxygen atoms in total. The Morgan fingerprint density at radius 1 is 1.00 bits per heavy atom. The van der Waals surface area contributed by atoms with Gasteiger partial charge in [0.25, 0.3) is 0 Å². The molecular weight excluding hydrogens is 314 g/mol. The molecule has 0 saturated carbocycles. The van der Waals surface area contributed by atoms with E-state index in [9.17, 15) is 24.0 Å². The van der Waals surface area contributed by atoms with Crippen molar-refractivity contribution in [1.82, 2.24) is 16.0 Å². The molecule has 130 valence electrons. The van der Waals surface area contributed by atoms with Crippen LogP contribution in [0.25, 0.3) is 0 Å². The molecule has 0 fully saturated rings.